The Morgan fingerprint density at radius 2 is 2.12 bits per heavy atom. The Kier molecular flexibility index (Phi) is 5.73. The molecule has 1 aromatic rings. The zero-order chi connectivity index (χ0) is 11.6. The minimum atomic E-state index is 0.687. The molecule has 0 aliphatic carbocycles. The van der Waals surface area contributed by atoms with Gasteiger partial charge in [-0.15, -0.1) is 6.58 Å². The fourth-order valence-corrected chi connectivity index (χ4v) is 1.15. The number of hydrogen-bond donors (Lipinski definition) is 2. The van der Waals surface area contributed by atoms with E-state index in [-0.39, 0.29) is 0 Å². The van der Waals surface area contributed by atoms with Crippen molar-refractivity contribution in [3.05, 3.63) is 36.9 Å². The minimum Gasteiger partial charge on any atom is -0.494 e. The van der Waals surface area contributed by atoms with Crippen molar-refractivity contribution in [1.82, 2.24) is 5.48 Å². The molecule has 4 nitrogen and oxygen atoms in total. The lowest BCUT2D eigenvalue weighted by Crippen LogP contribution is -2.00. The molecule has 0 fully saturated rings. The van der Waals surface area contributed by atoms with Crippen molar-refractivity contribution >= 4 is 12.0 Å². The maximum absolute atomic E-state index is 8.32. The van der Waals surface area contributed by atoms with Gasteiger partial charge in [-0.3, -0.25) is 10.7 Å². The molecule has 0 heterocycles. The second-order valence-electron chi connectivity index (χ2n) is 3.16. The van der Waals surface area contributed by atoms with Gasteiger partial charge in [0.2, 0.25) is 0 Å². The van der Waals surface area contributed by atoms with Crippen LogP contribution in [0, 0.1) is 0 Å². The summed E-state index contributed by atoms with van der Waals surface area (Å²) in [5.74, 6) is 0.819. The van der Waals surface area contributed by atoms with E-state index in [1.807, 2.05) is 35.8 Å². The molecule has 1 rings (SSSR count). The van der Waals surface area contributed by atoms with E-state index in [1.165, 1.54) is 6.34 Å². The average molecular weight is 220 g/mol. The lowest BCUT2D eigenvalue weighted by atomic mass is 10.3. The Hall–Kier alpha value is -1.81. The van der Waals surface area contributed by atoms with Crippen molar-refractivity contribution in [2.45, 2.75) is 12.8 Å². The van der Waals surface area contributed by atoms with Gasteiger partial charge in [0.15, 0.2) is 0 Å². The molecule has 0 atom stereocenters. The predicted molar refractivity (Wildman–Crippen MR) is 64.4 cm³/mol. The van der Waals surface area contributed by atoms with Gasteiger partial charge in [-0.25, -0.2) is 4.99 Å². The van der Waals surface area contributed by atoms with Crippen molar-refractivity contribution in [2.75, 3.05) is 6.61 Å². The maximum Gasteiger partial charge on any atom is 0.119 e. The van der Waals surface area contributed by atoms with Crippen LogP contribution in [0.25, 0.3) is 0 Å². The summed E-state index contributed by atoms with van der Waals surface area (Å²) in [5.41, 5.74) is 2.60. The quantitative estimate of drug-likeness (QED) is 0.244. The van der Waals surface area contributed by atoms with Crippen LogP contribution in [0.1, 0.15) is 12.8 Å². The average Bonchev–Trinajstić information content (AvgIpc) is 2.33. The molecule has 0 saturated heterocycles. The molecule has 2 N–H and O–H groups in total. The van der Waals surface area contributed by atoms with Gasteiger partial charge in [0.25, 0.3) is 0 Å². The smallest absolute Gasteiger partial charge is 0.119 e. The normalized spacial score (nSPS) is 10.3. The number of unbranched alkanes of at least 4 members (excludes halogenated alkanes) is 1. The molecule has 0 saturated carbocycles. The van der Waals surface area contributed by atoms with Crippen LogP contribution < -0.4 is 10.2 Å². The number of aliphatic imine (C=N–C) groups is 1. The standard InChI is InChI=1S/C12H16N2O2/c1-2-3-4-9-16-12-7-5-11(6-8-12)13-10-14-15/h2,5-8,10,15H,1,3-4,9H2,(H,13,14). The van der Waals surface area contributed by atoms with Crippen LogP contribution in [-0.2, 0) is 0 Å². The topological polar surface area (TPSA) is 53.8 Å². The van der Waals surface area contributed by atoms with E-state index < -0.39 is 0 Å². The molecule has 86 valence electrons. The summed E-state index contributed by atoms with van der Waals surface area (Å²) in [5, 5.41) is 8.32. The summed E-state index contributed by atoms with van der Waals surface area (Å²) in [4.78, 5) is 3.92. The van der Waals surface area contributed by atoms with Crippen LogP contribution in [0.4, 0.5) is 5.69 Å². The molecule has 0 aliphatic rings. The first-order valence-electron chi connectivity index (χ1n) is 5.12. The van der Waals surface area contributed by atoms with Crippen molar-refractivity contribution in [3.8, 4) is 5.75 Å². The van der Waals surface area contributed by atoms with Crippen LogP contribution in [0.3, 0.4) is 0 Å². The third kappa shape index (κ3) is 4.61. The number of ether oxygens (including phenoxy) is 1. The van der Waals surface area contributed by atoms with Crippen molar-refractivity contribution in [2.24, 2.45) is 4.99 Å². The number of hydrogen-bond acceptors (Lipinski definition) is 3. The summed E-state index contributed by atoms with van der Waals surface area (Å²) < 4.78 is 5.50. The minimum absolute atomic E-state index is 0.687. The summed E-state index contributed by atoms with van der Waals surface area (Å²) >= 11 is 0. The number of hydroxylamine groups is 1. The first kappa shape index (κ1) is 12.3. The lowest BCUT2D eigenvalue weighted by molar-refractivity contribution is 0.240. The number of benzene rings is 1. The maximum atomic E-state index is 8.32. The lowest BCUT2D eigenvalue weighted by Gasteiger charge is -2.04. The third-order valence-electron chi connectivity index (χ3n) is 1.93. The molecule has 4 heteroatoms. The molecule has 1 aromatic carbocycles. The number of nitrogens with one attached hydrogen (secondary N) is 1. The van der Waals surface area contributed by atoms with Crippen LogP contribution in [0.15, 0.2) is 41.9 Å². The van der Waals surface area contributed by atoms with Gasteiger partial charge in [0.05, 0.1) is 12.3 Å². The molecule has 0 unspecified atom stereocenters. The summed E-state index contributed by atoms with van der Waals surface area (Å²) in [6.07, 6.45) is 5.02. The molecule has 0 radical (unpaired) electrons. The second kappa shape index (κ2) is 7.48. The Balaban J connectivity index is 2.38. The molecule has 0 bridgehead atoms. The molecule has 0 spiro atoms. The fraction of sp³-hybridized carbons (Fsp3) is 0.250. The van der Waals surface area contributed by atoms with E-state index in [0.717, 1.165) is 24.3 Å². The van der Waals surface area contributed by atoms with E-state index in [9.17, 15) is 0 Å². The zero-order valence-corrected chi connectivity index (χ0v) is 9.10. The highest BCUT2D eigenvalue weighted by Gasteiger charge is 1.93. The summed E-state index contributed by atoms with van der Waals surface area (Å²) in [6, 6.07) is 7.32. The number of rotatable bonds is 7. The third-order valence-corrected chi connectivity index (χ3v) is 1.93. The van der Waals surface area contributed by atoms with Gasteiger partial charge >= 0.3 is 0 Å². The number of allylic oxidation sites excluding steroid dienone is 1. The molecular formula is C12H16N2O2. The second-order valence-corrected chi connectivity index (χ2v) is 3.16. The van der Waals surface area contributed by atoms with Gasteiger partial charge in [0.1, 0.15) is 12.1 Å². The molecule has 0 amide bonds. The largest absolute Gasteiger partial charge is 0.494 e. The highest BCUT2D eigenvalue weighted by molar-refractivity contribution is 5.59. The SMILES string of the molecule is C=CCCCOc1ccc(N=CNO)cc1. The van der Waals surface area contributed by atoms with E-state index >= 15 is 0 Å². The van der Waals surface area contributed by atoms with Crippen LogP contribution in [0.5, 0.6) is 5.75 Å². The van der Waals surface area contributed by atoms with E-state index in [4.69, 9.17) is 9.94 Å². The van der Waals surface area contributed by atoms with Gasteiger partial charge < -0.3 is 4.74 Å². The van der Waals surface area contributed by atoms with Crippen LogP contribution in [0.2, 0.25) is 0 Å². The van der Waals surface area contributed by atoms with Crippen molar-refractivity contribution < 1.29 is 9.94 Å². The number of nitrogens with zero attached hydrogens (tertiary/aromatic N) is 1. The highest BCUT2D eigenvalue weighted by atomic mass is 16.5. The van der Waals surface area contributed by atoms with Crippen LogP contribution in [-0.4, -0.2) is 18.2 Å². The predicted octanol–water partition coefficient (Wildman–Crippen LogP) is 2.67. The molecule has 0 aliphatic heterocycles. The van der Waals surface area contributed by atoms with E-state index in [1.54, 1.807) is 0 Å². The summed E-state index contributed by atoms with van der Waals surface area (Å²) in [6.45, 7) is 4.33. The van der Waals surface area contributed by atoms with Gasteiger partial charge in [0, 0.05) is 0 Å². The first-order valence-corrected chi connectivity index (χ1v) is 5.12. The van der Waals surface area contributed by atoms with E-state index in [0.29, 0.717) is 6.61 Å². The Morgan fingerprint density at radius 3 is 2.75 bits per heavy atom. The molecular weight excluding hydrogens is 204 g/mol. The monoisotopic (exact) mass is 220 g/mol. The van der Waals surface area contributed by atoms with Crippen molar-refractivity contribution in [1.29, 1.82) is 0 Å². The fourth-order valence-electron chi connectivity index (χ4n) is 1.15. The summed E-state index contributed by atoms with van der Waals surface area (Å²) in [7, 11) is 0. The van der Waals surface area contributed by atoms with E-state index in [2.05, 4.69) is 11.6 Å². The van der Waals surface area contributed by atoms with Gasteiger partial charge in [-0.2, -0.15) is 0 Å². The Bertz CT molecular complexity index is 333. The Labute approximate surface area is 95.2 Å². The first-order chi connectivity index (χ1) is 7.86. The van der Waals surface area contributed by atoms with Gasteiger partial charge in [-0.1, -0.05) is 6.08 Å². The van der Waals surface area contributed by atoms with Gasteiger partial charge in [-0.05, 0) is 37.1 Å². The van der Waals surface area contributed by atoms with Crippen LogP contribution >= 0.6 is 0 Å². The Morgan fingerprint density at radius 1 is 1.38 bits per heavy atom. The molecule has 16 heavy (non-hydrogen) atoms. The highest BCUT2D eigenvalue weighted by Crippen LogP contribution is 2.17. The van der Waals surface area contributed by atoms with Crippen molar-refractivity contribution in [3.63, 3.8) is 0 Å². The zero-order valence-electron chi connectivity index (χ0n) is 9.10. The molecule has 0 aromatic heterocycles.